The first kappa shape index (κ1) is 6.55. The average molecular weight is 166 g/mol. The molecule has 0 saturated heterocycles. The number of hydrogen-bond acceptors (Lipinski definition) is 1. The lowest BCUT2D eigenvalue weighted by Gasteiger charge is -1.92. The van der Waals surface area contributed by atoms with Crippen LogP contribution in [0.3, 0.4) is 0 Å². The van der Waals surface area contributed by atoms with Gasteiger partial charge in [0.25, 0.3) is 0 Å². The van der Waals surface area contributed by atoms with E-state index in [9.17, 15) is 0 Å². The van der Waals surface area contributed by atoms with Crippen LogP contribution in [0.2, 0.25) is 5.02 Å². The Kier molecular flexibility index (Phi) is 1.47. The fraction of sp³-hybridized carbons (Fsp3) is 0. The predicted octanol–water partition coefficient (Wildman–Crippen LogP) is 1.70. The van der Waals surface area contributed by atoms with Gasteiger partial charge in [0.2, 0.25) is 0 Å². The maximum atomic E-state index is 5.90. The Morgan fingerprint density at radius 2 is 2.27 bits per heavy atom. The zero-order valence-corrected chi connectivity index (χ0v) is 6.47. The molecular formula is C8H6ClN2+. The molecule has 2 aromatic heterocycles. The normalized spacial score (nSPS) is 10.3. The fourth-order valence-electron chi connectivity index (χ4n) is 0.999. The van der Waals surface area contributed by atoms with Crippen molar-refractivity contribution >= 4 is 22.5 Å². The first-order valence-corrected chi connectivity index (χ1v) is 3.66. The highest BCUT2D eigenvalue weighted by atomic mass is 35.5. The first-order chi connectivity index (χ1) is 5.38. The Bertz CT molecular complexity index is 381. The van der Waals surface area contributed by atoms with Crippen molar-refractivity contribution in [1.29, 1.82) is 0 Å². The van der Waals surface area contributed by atoms with Crippen LogP contribution in [0.5, 0.6) is 0 Å². The summed E-state index contributed by atoms with van der Waals surface area (Å²) >= 11 is 5.90. The topological polar surface area (TPSA) is 27.0 Å². The Morgan fingerprint density at radius 1 is 1.36 bits per heavy atom. The lowest BCUT2D eigenvalue weighted by Crippen LogP contribution is -1.98. The van der Waals surface area contributed by atoms with Crippen molar-refractivity contribution in [2.45, 2.75) is 0 Å². The zero-order valence-electron chi connectivity index (χ0n) is 5.71. The summed E-state index contributed by atoms with van der Waals surface area (Å²) in [6.45, 7) is 0. The Morgan fingerprint density at radius 3 is 3.09 bits per heavy atom. The lowest BCUT2D eigenvalue weighted by atomic mass is 10.3. The second-order valence-corrected chi connectivity index (χ2v) is 2.64. The van der Waals surface area contributed by atoms with E-state index in [-0.39, 0.29) is 0 Å². The van der Waals surface area contributed by atoms with Crippen LogP contribution in [0.15, 0.2) is 30.7 Å². The van der Waals surface area contributed by atoms with Gasteiger partial charge in [-0.1, -0.05) is 11.6 Å². The molecule has 11 heavy (non-hydrogen) atoms. The van der Waals surface area contributed by atoms with Crippen molar-refractivity contribution in [2.24, 2.45) is 0 Å². The molecule has 0 fully saturated rings. The van der Waals surface area contributed by atoms with Crippen LogP contribution in [-0.4, -0.2) is 4.98 Å². The Hall–Kier alpha value is -1.15. The summed E-state index contributed by atoms with van der Waals surface area (Å²) < 4.78 is 0. The number of aromatic nitrogens is 2. The van der Waals surface area contributed by atoms with Gasteiger partial charge in [0.15, 0.2) is 12.4 Å². The number of halogens is 1. The van der Waals surface area contributed by atoms with Crippen molar-refractivity contribution in [3.05, 3.63) is 35.7 Å². The van der Waals surface area contributed by atoms with Crippen molar-refractivity contribution in [1.82, 2.24) is 4.98 Å². The number of nitrogens with zero attached hydrogens (tertiary/aromatic N) is 1. The van der Waals surface area contributed by atoms with Crippen LogP contribution < -0.4 is 4.98 Å². The number of H-pyrrole nitrogens is 1. The minimum absolute atomic E-state index is 0.729. The molecule has 0 aliphatic rings. The molecule has 0 atom stereocenters. The second kappa shape index (κ2) is 2.47. The molecule has 0 amide bonds. The van der Waals surface area contributed by atoms with E-state index >= 15 is 0 Å². The van der Waals surface area contributed by atoms with Crippen LogP contribution in [-0.2, 0) is 0 Å². The summed E-state index contributed by atoms with van der Waals surface area (Å²) in [6, 6.07) is 3.67. The van der Waals surface area contributed by atoms with Crippen LogP contribution in [0.4, 0.5) is 0 Å². The maximum absolute atomic E-state index is 5.90. The van der Waals surface area contributed by atoms with Gasteiger partial charge in [-0.05, 0) is 6.07 Å². The molecule has 0 bridgehead atoms. The van der Waals surface area contributed by atoms with Crippen molar-refractivity contribution in [3.63, 3.8) is 0 Å². The number of hydrogen-bond donors (Lipinski definition) is 0. The van der Waals surface area contributed by atoms with E-state index in [0.29, 0.717) is 0 Å². The molecule has 1 N–H and O–H groups in total. The van der Waals surface area contributed by atoms with E-state index in [2.05, 4.69) is 9.97 Å². The molecule has 2 aromatic rings. The largest absolute Gasteiger partial charge is 0.256 e. The monoisotopic (exact) mass is 165 g/mol. The first-order valence-electron chi connectivity index (χ1n) is 3.28. The molecule has 0 aliphatic carbocycles. The minimum Gasteiger partial charge on any atom is -0.256 e. The predicted molar refractivity (Wildman–Crippen MR) is 43.3 cm³/mol. The van der Waals surface area contributed by atoms with Gasteiger partial charge in [-0.2, -0.15) is 0 Å². The van der Waals surface area contributed by atoms with E-state index in [0.717, 1.165) is 15.9 Å². The Labute approximate surface area is 68.9 Å². The summed E-state index contributed by atoms with van der Waals surface area (Å²) in [4.78, 5) is 7.09. The van der Waals surface area contributed by atoms with Crippen LogP contribution in [0.25, 0.3) is 10.9 Å². The highest BCUT2D eigenvalue weighted by molar-refractivity contribution is 6.35. The van der Waals surface area contributed by atoms with Gasteiger partial charge < -0.3 is 0 Å². The lowest BCUT2D eigenvalue weighted by molar-refractivity contribution is -0.375. The third-order valence-corrected chi connectivity index (χ3v) is 1.86. The van der Waals surface area contributed by atoms with Gasteiger partial charge in [0, 0.05) is 12.3 Å². The molecule has 0 unspecified atom stereocenters. The molecule has 54 valence electrons. The number of nitrogens with one attached hydrogen (secondary N) is 1. The van der Waals surface area contributed by atoms with Crippen molar-refractivity contribution in [2.75, 3.05) is 0 Å². The molecule has 0 aromatic carbocycles. The standard InChI is InChI=1S/C8H5ClN2/c9-7-1-4-11-8-2-3-10-5-6(7)8/h1-5H/p+1. The highest BCUT2D eigenvalue weighted by Gasteiger charge is 1.99. The molecule has 2 heterocycles. The second-order valence-electron chi connectivity index (χ2n) is 2.24. The molecule has 0 radical (unpaired) electrons. The van der Waals surface area contributed by atoms with Crippen molar-refractivity contribution in [3.8, 4) is 0 Å². The van der Waals surface area contributed by atoms with Gasteiger partial charge >= 0.3 is 0 Å². The van der Waals surface area contributed by atoms with Crippen LogP contribution in [0, 0.1) is 0 Å². The highest BCUT2D eigenvalue weighted by Crippen LogP contribution is 2.18. The SMILES string of the molecule is Clc1ccnc2cc[nH+]cc12. The smallest absolute Gasteiger partial charge is 0.177 e. The van der Waals surface area contributed by atoms with Gasteiger partial charge in [0.1, 0.15) is 0 Å². The average Bonchev–Trinajstić information content (AvgIpc) is 2.06. The summed E-state index contributed by atoms with van der Waals surface area (Å²) in [6.07, 6.45) is 5.36. The number of aromatic amines is 1. The number of pyridine rings is 2. The van der Waals surface area contributed by atoms with Crippen molar-refractivity contribution < 1.29 is 4.98 Å². The molecule has 2 nitrogen and oxygen atoms in total. The molecule has 3 heteroatoms. The number of rotatable bonds is 0. The minimum atomic E-state index is 0.729. The third-order valence-electron chi connectivity index (χ3n) is 1.53. The maximum Gasteiger partial charge on any atom is 0.177 e. The van der Waals surface area contributed by atoms with E-state index in [1.807, 2.05) is 18.5 Å². The Balaban J connectivity index is 2.91. The zero-order chi connectivity index (χ0) is 7.68. The van der Waals surface area contributed by atoms with Gasteiger partial charge in [-0.3, -0.25) is 4.98 Å². The van der Waals surface area contributed by atoms with Gasteiger partial charge in [0.05, 0.1) is 15.9 Å². The van der Waals surface area contributed by atoms with Gasteiger partial charge in [-0.15, -0.1) is 0 Å². The molecular weight excluding hydrogens is 160 g/mol. The quantitative estimate of drug-likeness (QED) is 0.584. The van der Waals surface area contributed by atoms with E-state index in [1.54, 1.807) is 12.3 Å². The molecule has 0 spiro atoms. The molecule has 0 saturated carbocycles. The summed E-state index contributed by atoms with van der Waals surface area (Å²) in [5, 5.41) is 1.68. The number of fused-ring (bicyclic) bond motifs is 1. The summed E-state index contributed by atoms with van der Waals surface area (Å²) in [7, 11) is 0. The van der Waals surface area contributed by atoms with E-state index in [1.165, 1.54) is 0 Å². The molecule has 0 aliphatic heterocycles. The van der Waals surface area contributed by atoms with E-state index in [4.69, 9.17) is 11.6 Å². The van der Waals surface area contributed by atoms with E-state index < -0.39 is 0 Å². The van der Waals surface area contributed by atoms with Gasteiger partial charge in [-0.25, -0.2) is 4.98 Å². The van der Waals surface area contributed by atoms with Crippen LogP contribution >= 0.6 is 11.6 Å². The fourth-order valence-corrected chi connectivity index (χ4v) is 1.21. The molecule has 2 rings (SSSR count). The summed E-state index contributed by atoms with van der Waals surface area (Å²) in [5.41, 5.74) is 0.913. The third kappa shape index (κ3) is 1.05. The summed E-state index contributed by atoms with van der Waals surface area (Å²) in [5.74, 6) is 0. The van der Waals surface area contributed by atoms with Crippen LogP contribution in [0.1, 0.15) is 0 Å².